The van der Waals surface area contributed by atoms with E-state index in [2.05, 4.69) is 15.8 Å². The van der Waals surface area contributed by atoms with Gasteiger partial charge < -0.3 is 19.9 Å². The van der Waals surface area contributed by atoms with Gasteiger partial charge in [-0.25, -0.2) is 0 Å². The Morgan fingerprint density at radius 3 is 2.50 bits per heavy atom. The molecule has 6 nitrogen and oxygen atoms in total. The van der Waals surface area contributed by atoms with E-state index in [1.54, 1.807) is 0 Å². The summed E-state index contributed by atoms with van der Waals surface area (Å²) in [6.07, 6.45) is 0.369. The van der Waals surface area contributed by atoms with Crippen LogP contribution in [0.1, 0.15) is 22.6 Å². The van der Waals surface area contributed by atoms with E-state index in [9.17, 15) is 4.79 Å². The third-order valence-electron chi connectivity index (χ3n) is 3.55. The Balaban J connectivity index is 0.00000288. The number of benzene rings is 1. The number of nitrogens with one attached hydrogen (secondary N) is 2. The number of aromatic nitrogens is 1. The average molecular weight is 354 g/mol. The quantitative estimate of drug-likeness (QED) is 0.711. The van der Waals surface area contributed by atoms with Crippen LogP contribution in [0.25, 0.3) is 0 Å². The molecule has 1 aromatic heterocycles. The van der Waals surface area contributed by atoms with Crippen LogP contribution in [0.3, 0.4) is 0 Å². The van der Waals surface area contributed by atoms with Crippen molar-refractivity contribution in [1.29, 1.82) is 0 Å². The molecule has 0 spiro atoms. The third-order valence-corrected chi connectivity index (χ3v) is 3.55. The van der Waals surface area contributed by atoms with Gasteiger partial charge in [-0.15, -0.1) is 12.4 Å². The molecule has 1 aromatic carbocycles. The summed E-state index contributed by atoms with van der Waals surface area (Å²) in [5, 5.41) is 9.74. The highest BCUT2D eigenvalue weighted by Gasteiger charge is 2.09. The second kappa shape index (κ2) is 9.95. The lowest BCUT2D eigenvalue weighted by Crippen LogP contribution is -2.31. The molecule has 0 unspecified atom stereocenters. The van der Waals surface area contributed by atoms with Crippen molar-refractivity contribution in [3.8, 4) is 5.75 Å². The summed E-state index contributed by atoms with van der Waals surface area (Å²) in [4.78, 5) is 11.7. The number of likely N-dealkylation sites (N-methyl/N-ethyl adjacent to an activating group) is 1. The van der Waals surface area contributed by atoms with Crippen LogP contribution in [0.5, 0.6) is 5.75 Å². The van der Waals surface area contributed by atoms with Crippen LogP contribution in [0.2, 0.25) is 0 Å². The zero-order valence-electron chi connectivity index (χ0n) is 14.2. The second-order valence-electron chi connectivity index (χ2n) is 5.37. The molecule has 0 radical (unpaired) electrons. The lowest BCUT2D eigenvalue weighted by Gasteiger charge is -2.08. The molecule has 1 heterocycles. The van der Waals surface area contributed by atoms with E-state index < -0.39 is 0 Å². The van der Waals surface area contributed by atoms with Crippen molar-refractivity contribution in [2.45, 2.75) is 26.9 Å². The number of halogens is 1. The fourth-order valence-electron chi connectivity index (χ4n) is 2.14. The Morgan fingerprint density at radius 1 is 1.21 bits per heavy atom. The molecule has 0 bridgehead atoms. The number of rotatable bonds is 8. The lowest BCUT2D eigenvalue weighted by atomic mass is 10.1. The fraction of sp³-hybridized carbons (Fsp3) is 0.412. The van der Waals surface area contributed by atoms with Gasteiger partial charge >= 0.3 is 0 Å². The maximum Gasteiger partial charge on any atom is 0.224 e. The van der Waals surface area contributed by atoms with Gasteiger partial charge in [-0.05, 0) is 38.6 Å². The van der Waals surface area contributed by atoms with Crippen molar-refractivity contribution in [3.63, 3.8) is 0 Å². The summed E-state index contributed by atoms with van der Waals surface area (Å²) in [5.41, 5.74) is 2.77. The minimum atomic E-state index is 0. The first-order chi connectivity index (χ1) is 11.1. The molecule has 0 fully saturated rings. The maximum atomic E-state index is 11.7. The number of ether oxygens (including phenoxy) is 1. The Labute approximate surface area is 148 Å². The molecule has 0 atom stereocenters. The SMILES string of the molecule is CNCCNC(=O)Cc1ccc(OCc2c(C)noc2C)cc1.Cl. The number of carbonyl (C=O) groups excluding carboxylic acids is 1. The third kappa shape index (κ3) is 5.86. The molecular weight excluding hydrogens is 330 g/mol. The molecule has 7 heteroatoms. The zero-order chi connectivity index (χ0) is 16.7. The van der Waals surface area contributed by atoms with Crippen LogP contribution in [0.4, 0.5) is 0 Å². The fourth-order valence-corrected chi connectivity index (χ4v) is 2.14. The first-order valence-corrected chi connectivity index (χ1v) is 7.65. The molecule has 1 amide bonds. The summed E-state index contributed by atoms with van der Waals surface area (Å²) in [5.74, 6) is 1.55. The van der Waals surface area contributed by atoms with Crippen molar-refractivity contribution >= 4 is 18.3 Å². The van der Waals surface area contributed by atoms with Gasteiger partial charge in [0.25, 0.3) is 0 Å². The summed E-state index contributed by atoms with van der Waals surface area (Å²) in [6.45, 7) is 5.58. The smallest absolute Gasteiger partial charge is 0.224 e. The van der Waals surface area contributed by atoms with E-state index in [1.165, 1.54) is 0 Å². The van der Waals surface area contributed by atoms with E-state index >= 15 is 0 Å². The lowest BCUT2D eigenvalue weighted by molar-refractivity contribution is -0.120. The number of hydrogen-bond donors (Lipinski definition) is 2. The van der Waals surface area contributed by atoms with Crippen molar-refractivity contribution in [1.82, 2.24) is 15.8 Å². The molecule has 24 heavy (non-hydrogen) atoms. The Hall–Kier alpha value is -2.05. The Bertz CT molecular complexity index is 622. The standard InChI is InChI=1S/C17H23N3O3.ClH/c1-12-16(13(2)23-20-12)11-22-15-6-4-14(5-7-15)10-17(21)19-9-8-18-3;/h4-7,18H,8-11H2,1-3H3,(H,19,21);1H. The van der Waals surface area contributed by atoms with Crippen LogP contribution in [0.15, 0.2) is 28.8 Å². The highest BCUT2D eigenvalue weighted by molar-refractivity contribution is 5.85. The van der Waals surface area contributed by atoms with Crippen molar-refractivity contribution in [2.24, 2.45) is 0 Å². The normalized spacial score (nSPS) is 10.1. The van der Waals surface area contributed by atoms with Crippen LogP contribution in [0, 0.1) is 13.8 Å². The first kappa shape index (κ1) is 20.0. The number of nitrogens with zero attached hydrogens (tertiary/aromatic N) is 1. The number of amides is 1. The molecule has 2 aromatic rings. The highest BCUT2D eigenvalue weighted by atomic mass is 35.5. The largest absolute Gasteiger partial charge is 0.489 e. The van der Waals surface area contributed by atoms with E-state index in [0.29, 0.717) is 19.6 Å². The molecule has 0 saturated carbocycles. The van der Waals surface area contributed by atoms with E-state index in [4.69, 9.17) is 9.26 Å². The molecular formula is C17H24ClN3O3. The second-order valence-corrected chi connectivity index (χ2v) is 5.37. The van der Waals surface area contributed by atoms with Crippen molar-refractivity contribution < 1.29 is 14.1 Å². The highest BCUT2D eigenvalue weighted by Crippen LogP contribution is 2.18. The van der Waals surface area contributed by atoms with Gasteiger partial charge in [0.15, 0.2) is 0 Å². The minimum absolute atomic E-state index is 0. The van der Waals surface area contributed by atoms with Gasteiger partial charge in [-0.1, -0.05) is 17.3 Å². The number of aryl methyl sites for hydroxylation is 2. The molecule has 2 N–H and O–H groups in total. The molecule has 0 aliphatic carbocycles. The van der Waals surface area contributed by atoms with Crippen LogP contribution < -0.4 is 15.4 Å². The molecule has 0 aliphatic heterocycles. The van der Waals surface area contributed by atoms with Gasteiger partial charge in [-0.3, -0.25) is 4.79 Å². The van der Waals surface area contributed by atoms with Gasteiger partial charge in [0, 0.05) is 13.1 Å². The van der Waals surface area contributed by atoms with Gasteiger partial charge in [0.05, 0.1) is 17.7 Å². The monoisotopic (exact) mass is 353 g/mol. The minimum Gasteiger partial charge on any atom is -0.489 e. The molecule has 0 saturated heterocycles. The van der Waals surface area contributed by atoms with E-state index in [0.717, 1.165) is 34.9 Å². The maximum absolute atomic E-state index is 11.7. The van der Waals surface area contributed by atoms with Crippen LogP contribution in [-0.2, 0) is 17.8 Å². The van der Waals surface area contributed by atoms with E-state index in [1.807, 2.05) is 45.2 Å². The van der Waals surface area contributed by atoms with Gasteiger partial charge in [0.2, 0.25) is 5.91 Å². The average Bonchev–Trinajstić information content (AvgIpc) is 2.86. The van der Waals surface area contributed by atoms with Crippen molar-refractivity contribution in [3.05, 3.63) is 46.8 Å². The molecule has 0 aliphatic rings. The number of hydrogen-bond acceptors (Lipinski definition) is 5. The van der Waals surface area contributed by atoms with Crippen molar-refractivity contribution in [2.75, 3.05) is 20.1 Å². The first-order valence-electron chi connectivity index (χ1n) is 7.65. The zero-order valence-corrected chi connectivity index (χ0v) is 15.0. The summed E-state index contributed by atoms with van der Waals surface area (Å²) >= 11 is 0. The summed E-state index contributed by atoms with van der Waals surface area (Å²) in [6, 6.07) is 7.55. The molecule has 132 valence electrons. The number of carbonyl (C=O) groups is 1. The topological polar surface area (TPSA) is 76.4 Å². The molecule has 2 rings (SSSR count). The Kier molecular flexibility index (Phi) is 8.29. The van der Waals surface area contributed by atoms with Crippen LogP contribution in [-0.4, -0.2) is 31.2 Å². The van der Waals surface area contributed by atoms with Gasteiger partial charge in [0.1, 0.15) is 18.1 Å². The van der Waals surface area contributed by atoms with E-state index in [-0.39, 0.29) is 18.3 Å². The summed E-state index contributed by atoms with van der Waals surface area (Å²) < 4.78 is 10.9. The van der Waals surface area contributed by atoms with Gasteiger partial charge in [-0.2, -0.15) is 0 Å². The Morgan fingerprint density at radius 2 is 1.92 bits per heavy atom. The predicted octanol–water partition coefficient (Wildman–Crippen LogP) is 2.17. The predicted molar refractivity (Wildman–Crippen MR) is 94.6 cm³/mol. The summed E-state index contributed by atoms with van der Waals surface area (Å²) in [7, 11) is 1.85. The van der Waals surface area contributed by atoms with Crippen LogP contribution >= 0.6 is 12.4 Å².